The molecule has 0 amide bonds. The third-order valence-corrected chi connectivity index (χ3v) is 4.82. The number of piperidine rings is 1. The molecule has 1 aliphatic heterocycles. The molecule has 3 nitrogen and oxygen atoms in total. The first-order valence-corrected chi connectivity index (χ1v) is 8.38. The first-order valence-electron chi connectivity index (χ1n) is 8.38. The van der Waals surface area contributed by atoms with Crippen molar-refractivity contribution >= 4 is 5.97 Å². The highest BCUT2D eigenvalue weighted by molar-refractivity contribution is 5.85. The summed E-state index contributed by atoms with van der Waals surface area (Å²) < 4.78 is 0. The summed E-state index contributed by atoms with van der Waals surface area (Å²) in [5.41, 5.74) is 2.90. The number of benzene rings is 2. The second-order valence-corrected chi connectivity index (χ2v) is 6.54. The van der Waals surface area contributed by atoms with Gasteiger partial charge < -0.3 is 14.8 Å². The van der Waals surface area contributed by atoms with Crippen LogP contribution in [0, 0.1) is 5.92 Å². The fourth-order valence-corrected chi connectivity index (χ4v) is 3.46. The molecule has 120 valence electrons. The van der Waals surface area contributed by atoms with Crippen LogP contribution in [-0.4, -0.2) is 19.1 Å². The van der Waals surface area contributed by atoms with E-state index in [2.05, 4.69) is 30.3 Å². The third-order valence-electron chi connectivity index (χ3n) is 4.82. The zero-order valence-electron chi connectivity index (χ0n) is 13.3. The average molecular weight is 309 g/mol. The van der Waals surface area contributed by atoms with Gasteiger partial charge in [0, 0.05) is 5.56 Å². The molecular formula is C20H23NO2. The Morgan fingerprint density at radius 1 is 0.957 bits per heavy atom. The minimum atomic E-state index is -1.11. The van der Waals surface area contributed by atoms with E-state index >= 15 is 0 Å². The Morgan fingerprint density at radius 2 is 1.61 bits per heavy atom. The Kier molecular flexibility index (Phi) is 5.09. The largest absolute Gasteiger partial charge is 0.545 e. The summed E-state index contributed by atoms with van der Waals surface area (Å²) in [6, 6.07) is 17.9. The van der Waals surface area contributed by atoms with Crippen molar-refractivity contribution < 1.29 is 14.8 Å². The van der Waals surface area contributed by atoms with Crippen molar-refractivity contribution in [2.75, 3.05) is 13.1 Å². The monoisotopic (exact) mass is 309 g/mol. The first kappa shape index (κ1) is 15.8. The van der Waals surface area contributed by atoms with Gasteiger partial charge in [-0.1, -0.05) is 54.6 Å². The van der Waals surface area contributed by atoms with Gasteiger partial charge in [0.25, 0.3) is 0 Å². The molecule has 1 fully saturated rings. The van der Waals surface area contributed by atoms with Gasteiger partial charge in [-0.05, 0) is 36.3 Å². The number of carboxylic acid groups (broad SMARTS) is 1. The number of aromatic carboxylic acids is 1. The molecule has 0 spiro atoms. The van der Waals surface area contributed by atoms with Crippen LogP contribution in [0.4, 0.5) is 0 Å². The van der Waals surface area contributed by atoms with E-state index in [1.54, 1.807) is 17.0 Å². The van der Waals surface area contributed by atoms with E-state index in [9.17, 15) is 9.90 Å². The van der Waals surface area contributed by atoms with E-state index in [0.29, 0.717) is 0 Å². The molecule has 0 saturated carbocycles. The van der Waals surface area contributed by atoms with Crippen molar-refractivity contribution in [2.24, 2.45) is 5.92 Å². The molecular weight excluding hydrogens is 286 g/mol. The number of carbonyl (C=O) groups is 1. The van der Waals surface area contributed by atoms with Gasteiger partial charge in [0.05, 0.1) is 19.1 Å². The molecule has 1 N–H and O–H groups in total. The van der Waals surface area contributed by atoms with Crippen LogP contribution in [-0.2, 0) is 13.0 Å². The van der Waals surface area contributed by atoms with Crippen LogP contribution in [0.3, 0.4) is 0 Å². The second-order valence-electron chi connectivity index (χ2n) is 6.54. The minimum Gasteiger partial charge on any atom is -0.545 e. The Labute approximate surface area is 137 Å². The summed E-state index contributed by atoms with van der Waals surface area (Å²) in [6.45, 7) is 3.37. The van der Waals surface area contributed by atoms with Crippen molar-refractivity contribution in [3.05, 3.63) is 71.3 Å². The van der Waals surface area contributed by atoms with E-state index in [1.807, 2.05) is 12.1 Å². The Hall–Kier alpha value is -2.13. The van der Waals surface area contributed by atoms with Crippen LogP contribution >= 0.6 is 0 Å². The molecule has 23 heavy (non-hydrogen) atoms. The highest BCUT2D eigenvalue weighted by atomic mass is 16.4. The highest BCUT2D eigenvalue weighted by Gasteiger charge is 2.22. The number of hydrogen-bond donors (Lipinski definition) is 1. The van der Waals surface area contributed by atoms with Crippen molar-refractivity contribution in [2.45, 2.75) is 25.8 Å². The molecule has 0 unspecified atom stereocenters. The third kappa shape index (κ3) is 4.42. The van der Waals surface area contributed by atoms with Crippen LogP contribution in [0.25, 0.3) is 0 Å². The fourth-order valence-electron chi connectivity index (χ4n) is 3.46. The lowest BCUT2D eigenvalue weighted by Crippen LogP contribution is -3.11. The van der Waals surface area contributed by atoms with Gasteiger partial charge in [0.1, 0.15) is 6.54 Å². The van der Waals surface area contributed by atoms with E-state index < -0.39 is 5.97 Å². The van der Waals surface area contributed by atoms with E-state index in [1.165, 1.54) is 43.5 Å². The summed E-state index contributed by atoms with van der Waals surface area (Å²) in [5, 5.41) is 10.8. The molecule has 2 aromatic carbocycles. The number of nitrogens with one attached hydrogen (secondary N) is 1. The topological polar surface area (TPSA) is 44.6 Å². The molecule has 0 radical (unpaired) electrons. The molecule has 0 aliphatic carbocycles. The summed E-state index contributed by atoms with van der Waals surface area (Å²) in [7, 11) is 0. The predicted octanol–water partition coefficient (Wildman–Crippen LogP) is 1.09. The van der Waals surface area contributed by atoms with Crippen molar-refractivity contribution in [1.29, 1.82) is 0 Å². The minimum absolute atomic E-state index is 0.255. The number of rotatable bonds is 5. The number of carbonyl (C=O) groups excluding carboxylic acids is 1. The standard InChI is InChI=1S/C20H23NO2/c22-20(23)19-8-6-18(7-9-19)15-21-12-10-17(11-13-21)14-16-4-2-1-3-5-16/h1-9,17H,10-15H2,(H,22,23). The van der Waals surface area contributed by atoms with Crippen LogP contribution < -0.4 is 10.0 Å². The van der Waals surface area contributed by atoms with E-state index in [-0.39, 0.29) is 5.56 Å². The second kappa shape index (κ2) is 7.42. The molecule has 3 heteroatoms. The summed E-state index contributed by atoms with van der Waals surface area (Å²) in [4.78, 5) is 12.4. The zero-order valence-corrected chi connectivity index (χ0v) is 13.3. The number of likely N-dealkylation sites (tertiary alicyclic amines) is 1. The molecule has 2 aromatic rings. The number of carboxylic acids is 1. The maximum atomic E-state index is 10.8. The number of hydrogen-bond acceptors (Lipinski definition) is 2. The Morgan fingerprint density at radius 3 is 2.22 bits per heavy atom. The smallest absolute Gasteiger partial charge is 0.103 e. The van der Waals surface area contributed by atoms with Crippen LogP contribution in [0.15, 0.2) is 54.6 Å². The lowest BCUT2D eigenvalue weighted by atomic mass is 9.90. The molecule has 0 atom stereocenters. The SMILES string of the molecule is O=C([O-])c1ccc(C[NH+]2CCC(Cc3ccccc3)CC2)cc1. The van der Waals surface area contributed by atoms with Gasteiger partial charge in [0.2, 0.25) is 0 Å². The van der Waals surface area contributed by atoms with Crippen molar-refractivity contribution in [3.63, 3.8) is 0 Å². The molecule has 0 bridgehead atoms. The van der Waals surface area contributed by atoms with Crippen LogP contribution in [0.5, 0.6) is 0 Å². The van der Waals surface area contributed by atoms with Crippen molar-refractivity contribution in [3.8, 4) is 0 Å². The van der Waals surface area contributed by atoms with Gasteiger partial charge >= 0.3 is 0 Å². The fraction of sp³-hybridized carbons (Fsp3) is 0.350. The molecule has 3 rings (SSSR count). The quantitative estimate of drug-likeness (QED) is 0.898. The zero-order chi connectivity index (χ0) is 16.1. The Balaban J connectivity index is 1.48. The molecule has 1 saturated heterocycles. The first-order chi connectivity index (χ1) is 11.2. The van der Waals surface area contributed by atoms with Gasteiger partial charge in [-0.25, -0.2) is 0 Å². The Bertz CT molecular complexity index is 628. The molecule has 1 aliphatic rings. The van der Waals surface area contributed by atoms with Gasteiger partial charge in [0.15, 0.2) is 0 Å². The van der Waals surface area contributed by atoms with E-state index in [4.69, 9.17) is 0 Å². The van der Waals surface area contributed by atoms with Gasteiger partial charge in [-0.3, -0.25) is 0 Å². The predicted molar refractivity (Wildman–Crippen MR) is 88.0 cm³/mol. The lowest BCUT2D eigenvalue weighted by Gasteiger charge is -2.29. The summed E-state index contributed by atoms with van der Waals surface area (Å²) >= 11 is 0. The summed E-state index contributed by atoms with van der Waals surface area (Å²) in [5.74, 6) is -0.313. The molecule has 0 aromatic heterocycles. The summed E-state index contributed by atoms with van der Waals surface area (Å²) in [6.07, 6.45) is 3.72. The highest BCUT2D eigenvalue weighted by Crippen LogP contribution is 2.16. The van der Waals surface area contributed by atoms with Crippen LogP contribution in [0.1, 0.15) is 34.3 Å². The normalized spacial score (nSPS) is 21.0. The van der Waals surface area contributed by atoms with Gasteiger partial charge in [-0.15, -0.1) is 0 Å². The average Bonchev–Trinajstić information content (AvgIpc) is 2.58. The molecule has 1 heterocycles. The van der Waals surface area contributed by atoms with Gasteiger partial charge in [-0.2, -0.15) is 0 Å². The lowest BCUT2D eigenvalue weighted by molar-refractivity contribution is -0.919. The maximum absolute atomic E-state index is 10.8. The maximum Gasteiger partial charge on any atom is 0.103 e. The number of quaternary nitrogens is 1. The van der Waals surface area contributed by atoms with E-state index in [0.717, 1.165) is 12.5 Å². The van der Waals surface area contributed by atoms with Crippen molar-refractivity contribution in [1.82, 2.24) is 0 Å². The van der Waals surface area contributed by atoms with Crippen LogP contribution in [0.2, 0.25) is 0 Å².